The first-order chi connectivity index (χ1) is 4.41. The van der Waals surface area contributed by atoms with Crippen LogP contribution in [0.5, 0.6) is 0 Å². The van der Waals surface area contributed by atoms with E-state index in [-0.39, 0.29) is 0 Å². The van der Waals surface area contributed by atoms with Crippen LogP contribution in [0.4, 0.5) is 0 Å². The molecule has 0 radical (unpaired) electrons. The Morgan fingerprint density at radius 2 is 2.22 bits per heavy atom. The first kappa shape index (κ1) is 7.85. The van der Waals surface area contributed by atoms with Crippen LogP contribution in [-0.4, -0.2) is 6.54 Å². The largest absolute Gasteiger partial charge is 0.324 e. The van der Waals surface area contributed by atoms with Gasteiger partial charge in [0.25, 0.3) is 0 Å². The Labute approximate surface area is 55.9 Å². The Morgan fingerprint density at radius 1 is 1.44 bits per heavy atom. The molecule has 0 aliphatic rings. The predicted molar refractivity (Wildman–Crippen MR) is 36.3 cm³/mol. The number of rotatable bonds is 4. The van der Waals surface area contributed by atoms with Crippen LogP contribution in [0.3, 0.4) is 0 Å². The molecule has 0 unspecified atom stereocenters. The molecule has 0 bridgehead atoms. The number of hydrogen-bond donors (Lipinski definition) is 1. The standard InChI is InChI=1S/C7H10N2/c1-2-3-4-5-6-9-7-8/h1,9H,3-6H2. The third-order valence-corrected chi connectivity index (χ3v) is 0.952. The number of nitrogens with one attached hydrogen (secondary N) is 1. The van der Waals surface area contributed by atoms with E-state index in [1.165, 1.54) is 0 Å². The van der Waals surface area contributed by atoms with Crippen LogP contribution in [0, 0.1) is 23.8 Å². The Hall–Kier alpha value is -1.15. The molecule has 48 valence electrons. The molecule has 0 aliphatic heterocycles. The number of nitrogens with zero attached hydrogens (tertiary/aromatic N) is 1. The second kappa shape index (κ2) is 6.85. The molecular formula is C7H10N2. The average molecular weight is 122 g/mol. The van der Waals surface area contributed by atoms with E-state index >= 15 is 0 Å². The van der Waals surface area contributed by atoms with E-state index in [0.29, 0.717) is 0 Å². The molecule has 0 heterocycles. The molecule has 0 aromatic heterocycles. The van der Waals surface area contributed by atoms with E-state index in [0.717, 1.165) is 25.8 Å². The fraction of sp³-hybridized carbons (Fsp3) is 0.571. The SMILES string of the molecule is C#CCCCCNC#N. The molecule has 9 heavy (non-hydrogen) atoms. The minimum atomic E-state index is 0.748. The van der Waals surface area contributed by atoms with Crippen LogP contribution >= 0.6 is 0 Å². The Morgan fingerprint density at radius 3 is 2.78 bits per heavy atom. The summed E-state index contributed by atoms with van der Waals surface area (Å²) in [5, 5.41) is 10.6. The lowest BCUT2D eigenvalue weighted by Gasteiger charge is -1.92. The fourth-order valence-electron chi connectivity index (χ4n) is 0.496. The van der Waals surface area contributed by atoms with E-state index in [4.69, 9.17) is 11.7 Å². The van der Waals surface area contributed by atoms with Crippen molar-refractivity contribution >= 4 is 0 Å². The zero-order chi connectivity index (χ0) is 6.95. The van der Waals surface area contributed by atoms with Crippen molar-refractivity contribution in [1.82, 2.24) is 5.32 Å². The van der Waals surface area contributed by atoms with Crippen molar-refractivity contribution in [3.05, 3.63) is 0 Å². The van der Waals surface area contributed by atoms with Gasteiger partial charge < -0.3 is 5.32 Å². The maximum Gasteiger partial charge on any atom is 0.176 e. The number of nitriles is 1. The summed E-state index contributed by atoms with van der Waals surface area (Å²) in [4.78, 5) is 0. The van der Waals surface area contributed by atoms with Crippen molar-refractivity contribution in [3.8, 4) is 18.5 Å². The Kier molecular flexibility index (Phi) is 5.97. The average Bonchev–Trinajstić information content (AvgIpc) is 1.89. The van der Waals surface area contributed by atoms with Crippen molar-refractivity contribution < 1.29 is 0 Å². The van der Waals surface area contributed by atoms with Crippen molar-refractivity contribution in [2.75, 3.05) is 6.54 Å². The third-order valence-electron chi connectivity index (χ3n) is 0.952. The van der Waals surface area contributed by atoms with Crippen LogP contribution in [-0.2, 0) is 0 Å². The smallest absolute Gasteiger partial charge is 0.176 e. The minimum absolute atomic E-state index is 0.748. The van der Waals surface area contributed by atoms with Crippen molar-refractivity contribution in [2.24, 2.45) is 0 Å². The number of terminal acetylenes is 1. The summed E-state index contributed by atoms with van der Waals surface area (Å²) in [6.45, 7) is 0.748. The predicted octanol–water partition coefficient (Wildman–Crippen LogP) is 0.861. The monoisotopic (exact) mass is 122 g/mol. The molecule has 0 aliphatic carbocycles. The van der Waals surface area contributed by atoms with Gasteiger partial charge in [-0.3, -0.25) is 0 Å². The van der Waals surface area contributed by atoms with E-state index in [2.05, 4.69) is 11.2 Å². The topological polar surface area (TPSA) is 35.8 Å². The molecule has 0 saturated carbocycles. The zero-order valence-electron chi connectivity index (χ0n) is 5.35. The van der Waals surface area contributed by atoms with Crippen LogP contribution in [0.2, 0.25) is 0 Å². The molecule has 2 heteroatoms. The van der Waals surface area contributed by atoms with Gasteiger partial charge in [0.15, 0.2) is 6.19 Å². The van der Waals surface area contributed by atoms with Crippen LogP contribution in [0.25, 0.3) is 0 Å². The molecule has 0 saturated heterocycles. The van der Waals surface area contributed by atoms with Gasteiger partial charge in [-0.2, -0.15) is 5.26 Å². The van der Waals surface area contributed by atoms with Crippen molar-refractivity contribution in [2.45, 2.75) is 19.3 Å². The molecule has 0 atom stereocenters. The Bertz CT molecular complexity index is 111. The van der Waals surface area contributed by atoms with Gasteiger partial charge in [-0.15, -0.1) is 12.3 Å². The fourth-order valence-corrected chi connectivity index (χ4v) is 0.496. The normalized spacial score (nSPS) is 7.33. The van der Waals surface area contributed by atoms with Crippen molar-refractivity contribution in [1.29, 1.82) is 5.26 Å². The van der Waals surface area contributed by atoms with E-state index in [1.54, 1.807) is 0 Å². The Balaban J connectivity index is 2.79. The molecular weight excluding hydrogens is 112 g/mol. The van der Waals surface area contributed by atoms with Gasteiger partial charge in [-0.05, 0) is 12.8 Å². The number of unbranched alkanes of at least 4 members (excludes halogenated alkanes) is 2. The van der Waals surface area contributed by atoms with Gasteiger partial charge in [0.2, 0.25) is 0 Å². The first-order valence-electron chi connectivity index (χ1n) is 2.97. The summed E-state index contributed by atoms with van der Waals surface area (Å²) < 4.78 is 0. The van der Waals surface area contributed by atoms with Gasteiger partial charge in [-0.25, -0.2) is 0 Å². The highest BCUT2D eigenvalue weighted by atomic mass is 14.8. The molecule has 0 spiro atoms. The highest BCUT2D eigenvalue weighted by Gasteiger charge is 1.82. The molecule has 0 aromatic rings. The van der Waals surface area contributed by atoms with Gasteiger partial charge in [0, 0.05) is 13.0 Å². The maximum atomic E-state index is 8.02. The summed E-state index contributed by atoms with van der Waals surface area (Å²) in [5.41, 5.74) is 0. The van der Waals surface area contributed by atoms with Crippen LogP contribution < -0.4 is 5.32 Å². The summed E-state index contributed by atoms with van der Waals surface area (Å²) in [5.74, 6) is 2.53. The second-order valence-corrected chi connectivity index (χ2v) is 1.70. The highest BCUT2D eigenvalue weighted by Crippen LogP contribution is 1.90. The van der Waals surface area contributed by atoms with E-state index < -0.39 is 0 Å². The van der Waals surface area contributed by atoms with Gasteiger partial charge in [0.05, 0.1) is 0 Å². The lowest BCUT2D eigenvalue weighted by Crippen LogP contribution is -2.06. The molecule has 0 fully saturated rings. The van der Waals surface area contributed by atoms with E-state index in [1.807, 2.05) is 6.19 Å². The van der Waals surface area contributed by atoms with Gasteiger partial charge >= 0.3 is 0 Å². The quantitative estimate of drug-likeness (QED) is 0.260. The van der Waals surface area contributed by atoms with E-state index in [9.17, 15) is 0 Å². The summed E-state index contributed by atoms with van der Waals surface area (Å²) in [6, 6.07) is 0. The third kappa shape index (κ3) is 6.85. The number of hydrogen-bond acceptors (Lipinski definition) is 2. The summed E-state index contributed by atoms with van der Waals surface area (Å²) >= 11 is 0. The minimum Gasteiger partial charge on any atom is -0.324 e. The van der Waals surface area contributed by atoms with Gasteiger partial charge in [0.1, 0.15) is 0 Å². The van der Waals surface area contributed by atoms with Crippen LogP contribution in [0.15, 0.2) is 0 Å². The second-order valence-electron chi connectivity index (χ2n) is 1.70. The molecule has 0 amide bonds. The maximum absolute atomic E-state index is 8.02. The highest BCUT2D eigenvalue weighted by molar-refractivity contribution is 4.83. The lowest BCUT2D eigenvalue weighted by atomic mass is 10.2. The summed E-state index contributed by atoms with van der Waals surface area (Å²) in [6.07, 6.45) is 9.65. The zero-order valence-corrected chi connectivity index (χ0v) is 5.35. The summed E-state index contributed by atoms with van der Waals surface area (Å²) in [7, 11) is 0. The van der Waals surface area contributed by atoms with Gasteiger partial charge in [-0.1, -0.05) is 0 Å². The molecule has 0 rings (SSSR count). The molecule has 1 N–H and O–H groups in total. The lowest BCUT2D eigenvalue weighted by molar-refractivity contribution is 0.716. The first-order valence-corrected chi connectivity index (χ1v) is 2.97. The van der Waals surface area contributed by atoms with Crippen LogP contribution in [0.1, 0.15) is 19.3 Å². The van der Waals surface area contributed by atoms with Crippen molar-refractivity contribution in [3.63, 3.8) is 0 Å². The molecule has 2 nitrogen and oxygen atoms in total. The molecule has 0 aromatic carbocycles.